The summed E-state index contributed by atoms with van der Waals surface area (Å²) in [5, 5.41) is 24.0. The lowest BCUT2D eigenvalue weighted by Crippen LogP contribution is -2.16. The van der Waals surface area contributed by atoms with E-state index in [0.717, 1.165) is 0 Å². The van der Waals surface area contributed by atoms with E-state index < -0.39 is 10.3 Å². The van der Waals surface area contributed by atoms with E-state index in [1.54, 1.807) is 0 Å². The van der Waals surface area contributed by atoms with Crippen LogP contribution in [0.3, 0.4) is 0 Å². The highest BCUT2D eigenvalue weighted by Gasteiger charge is 2.49. The molecule has 0 radical (unpaired) electrons. The molecule has 25 heavy (non-hydrogen) atoms. The smallest absolute Gasteiger partial charge is 0.269 e. The molecule has 0 saturated carbocycles. The number of aromatic hydroxyl groups is 1. The van der Waals surface area contributed by atoms with Crippen LogP contribution in [0.2, 0.25) is 0 Å². The molecule has 0 fully saturated rings. The van der Waals surface area contributed by atoms with Crippen LogP contribution in [0.25, 0.3) is 5.76 Å². The lowest BCUT2D eigenvalue weighted by molar-refractivity contribution is -0.384. The second kappa shape index (κ2) is 4.79. The molecule has 2 N–H and O–H groups in total. The van der Waals surface area contributed by atoms with Crippen molar-refractivity contribution in [1.82, 2.24) is 4.98 Å². The fourth-order valence-electron chi connectivity index (χ4n) is 3.05. The molecule has 1 aliphatic carbocycles. The number of hydrogen-bond donors (Lipinski definition) is 2. The van der Waals surface area contributed by atoms with Crippen LogP contribution in [0.15, 0.2) is 35.3 Å². The molecule has 1 aliphatic heterocycles. The first-order valence-electron chi connectivity index (χ1n) is 7.52. The van der Waals surface area contributed by atoms with Gasteiger partial charge in [-0.05, 0) is 12.1 Å². The van der Waals surface area contributed by atoms with Crippen molar-refractivity contribution in [2.24, 2.45) is 0 Å². The highest BCUT2D eigenvalue weighted by atomic mass is 16.6. The first kappa shape index (κ1) is 15.1. The molecule has 2 aromatic rings. The summed E-state index contributed by atoms with van der Waals surface area (Å²) in [6.45, 7) is 3.71. The second-order valence-electron chi connectivity index (χ2n) is 6.37. The zero-order valence-corrected chi connectivity index (χ0v) is 13.4. The Balaban J connectivity index is 1.74. The van der Waals surface area contributed by atoms with Crippen LogP contribution in [0.5, 0.6) is 11.5 Å². The number of benzene rings is 1. The maximum atomic E-state index is 12.4. The third-order valence-electron chi connectivity index (χ3n) is 4.41. The second-order valence-corrected chi connectivity index (χ2v) is 6.37. The lowest BCUT2D eigenvalue weighted by atomic mass is 10.1. The van der Waals surface area contributed by atoms with Crippen LogP contribution in [0.1, 0.15) is 30.7 Å². The van der Waals surface area contributed by atoms with Crippen molar-refractivity contribution < 1.29 is 14.8 Å². The van der Waals surface area contributed by atoms with Gasteiger partial charge in [0.15, 0.2) is 17.3 Å². The summed E-state index contributed by atoms with van der Waals surface area (Å²) in [7, 11) is 0. The average Bonchev–Trinajstić information content (AvgIpc) is 3.18. The molecule has 0 unspecified atom stereocenters. The molecule has 8 nitrogen and oxygen atoms in total. The Morgan fingerprint density at radius 1 is 1.24 bits per heavy atom. The van der Waals surface area contributed by atoms with Gasteiger partial charge in [-0.15, -0.1) is 0 Å². The highest BCUT2D eigenvalue weighted by Crippen LogP contribution is 2.53. The summed E-state index contributed by atoms with van der Waals surface area (Å²) in [5.74, 6) is 0.614. The Hall–Kier alpha value is -3.42. The molecule has 0 saturated heterocycles. The fraction of sp³-hybridized carbons (Fsp3) is 0.176. The number of fused-ring (bicyclic) bond motifs is 3. The topological polar surface area (TPSA) is 115 Å². The predicted octanol–water partition coefficient (Wildman–Crippen LogP) is 2.50. The van der Waals surface area contributed by atoms with E-state index in [4.69, 9.17) is 4.74 Å². The normalized spacial score (nSPS) is 15.5. The Labute approximate surface area is 141 Å². The van der Waals surface area contributed by atoms with Crippen molar-refractivity contribution >= 4 is 17.3 Å². The summed E-state index contributed by atoms with van der Waals surface area (Å²) >= 11 is 0. The fourth-order valence-corrected chi connectivity index (χ4v) is 3.05. The van der Waals surface area contributed by atoms with Gasteiger partial charge in [0.25, 0.3) is 5.69 Å². The van der Waals surface area contributed by atoms with Gasteiger partial charge < -0.3 is 15.2 Å². The molecule has 2 heterocycles. The maximum Gasteiger partial charge on any atom is 0.269 e. The van der Waals surface area contributed by atoms with Crippen LogP contribution < -0.4 is 15.5 Å². The Morgan fingerprint density at radius 2 is 1.92 bits per heavy atom. The zero-order valence-electron chi connectivity index (χ0n) is 13.4. The number of nitro benzene ring substituents is 1. The first-order valence-corrected chi connectivity index (χ1v) is 7.52. The number of aromatic nitrogens is 1. The first-order chi connectivity index (χ1) is 11.8. The SMILES string of the molecule is CC1(C)c2c(O)c3nc(c(=O)c21)NC=C3Oc1ccc([N+](=O)[O-])cc1. The number of nitro groups is 1. The van der Waals surface area contributed by atoms with Crippen molar-refractivity contribution in [1.29, 1.82) is 0 Å². The van der Waals surface area contributed by atoms with Crippen LogP contribution in [-0.4, -0.2) is 15.0 Å². The molecule has 1 aromatic heterocycles. The van der Waals surface area contributed by atoms with Gasteiger partial charge in [-0.2, -0.15) is 0 Å². The molecule has 0 spiro atoms. The number of hydrogen-bond acceptors (Lipinski definition) is 7. The van der Waals surface area contributed by atoms with Crippen molar-refractivity contribution in [3.8, 4) is 11.5 Å². The summed E-state index contributed by atoms with van der Waals surface area (Å²) in [5.41, 5.74) is 0.470. The molecular formula is C17H13N3O5. The Bertz CT molecular complexity index is 1030. The minimum Gasteiger partial charge on any atom is -0.505 e. The number of ether oxygens (including phenoxy) is 1. The van der Waals surface area contributed by atoms with E-state index in [1.165, 1.54) is 30.5 Å². The molecule has 0 amide bonds. The quantitative estimate of drug-likeness (QED) is 0.652. The average molecular weight is 339 g/mol. The predicted molar refractivity (Wildman–Crippen MR) is 89.6 cm³/mol. The monoisotopic (exact) mass is 339 g/mol. The highest BCUT2D eigenvalue weighted by molar-refractivity contribution is 5.78. The maximum absolute atomic E-state index is 12.4. The van der Waals surface area contributed by atoms with Crippen molar-refractivity contribution in [3.05, 3.63) is 67.6 Å². The number of non-ortho nitro benzene ring substituents is 1. The van der Waals surface area contributed by atoms with E-state index in [9.17, 15) is 20.0 Å². The van der Waals surface area contributed by atoms with Gasteiger partial charge in [0, 0.05) is 34.9 Å². The molecule has 8 heteroatoms. The van der Waals surface area contributed by atoms with Crippen LogP contribution in [0.4, 0.5) is 11.5 Å². The van der Waals surface area contributed by atoms with Crippen molar-refractivity contribution in [2.45, 2.75) is 19.3 Å². The van der Waals surface area contributed by atoms with Crippen LogP contribution >= 0.6 is 0 Å². The van der Waals surface area contributed by atoms with Crippen LogP contribution in [-0.2, 0) is 5.41 Å². The summed E-state index contributed by atoms with van der Waals surface area (Å²) in [6, 6.07) is 5.53. The van der Waals surface area contributed by atoms with E-state index in [1.807, 2.05) is 13.8 Å². The van der Waals surface area contributed by atoms with E-state index in [-0.39, 0.29) is 34.1 Å². The molecule has 0 atom stereocenters. The number of nitrogens with zero attached hydrogens (tertiary/aromatic N) is 2. The molecule has 1 aromatic carbocycles. The van der Waals surface area contributed by atoms with Crippen molar-refractivity contribution in [2.75, 3.05) is 5.32 Å². The standard InChI is InChI=1S/C17H13N3O5/c1-17(2)11-12(17)15(22)16-18-7-10(13(19-16)14(11)21)25-9-5-3-8(4-6-9)20(23)24/h3-7,21H,1-2H3,(H,18,19). The van der Waals surface area contributed by atoms with Gasteiger partial charge in [0.1, 0.15) is 11.5 Å². The number of nitrogens with one attached hydrogen (secondary N) is 1. The van der Waals surface area contributed by atoms with Gasteiger partial charge in [-0.3, -0.25) is 14.9 Å². The molecule has 4 rings (SSSR count). The van der Waals surface area contributed by atoms with Gasteiger partial charge in [-0.1, -0.05) is 13.8 Å². The molecule has 126 valence electrons. The van der Waals surface area contributed by atoms with E-state index in [0.29, 0.717) is 16.9 Å². The van der Waals surface area contributed by atoms with Gasteiger partial charge >= 0.3 is 0 Å². The number of rotatable bonds is 3. The van der Waals surface area contributed by atoms with Gasteiger partial charge in [0.05, 0.1) is 4.92 Å². The Morgan fingerprint density at radius 3 is 2.56 bits per heavy atom. The third-order valence-corrected chi connectivity index (χ3v) is 4.41. The molecular weight excluding hydrogens is 326 g/mol. The third kappa shape index (κ3) is 2.14. The van der Waals surface area contributed by atoms with E-state index in [2.05, 4.69) is 10.3 Å². The lowest BCUT2D eigenvalue weighted by Gasteiger charge is -2.15. The minimum atomic E-state index is -0.504. The Kier molecular flexibility index (Phi) is 2.90. The summed E-state index contributed by atoms with van der Waals surface area (Å²) in [6.07, 6.45) is 1.44. The molecule has 2 aliphatic rings. The largest absolute Gasteiger partial charge is 0.505 e. The van der Waals surface area contributed by atoms with Crippen molar-refractivity contribution in [3.63, 3.8) is 0 Å². The number of anilines is 1. The summed E-state index contributed by atoms with van der Waals surface area (Å²) in [4.78, 5) is 26.8. The van der Waals surface area contributed by atoms with Gasteiger partial charge in [0.2, 0.25) is 5.43 Å². The zero-order chi connectivity index (χ0) is 17.9. The van der Waals surface area contributed by atoms with Gasteiger partial charge in [-0.25, -0.2) is 4.98 Å². The summed E-state index contributed by atoms with van der Waals surface area (Å²) < 4.78 is 5.69. The minimum absolute atomic E-state index is 0.0555. The molecule has 2 bridgehead atoms. The van der Waals surface area contributed by atoms with E-state index >= 15 is 0 Å². The van der Waals surface area contributed by atoms with Crippen LogP contribution in [0, 0.1) is 10.1 Å².